The summed E-state index contributed by atoms with van der Waals surface area (Å²) in [6.07, 6.45) is 5.92. The van der Waals surface area contributed by atoms with Crippen LogP contribution in [0.3, 0.4) is 0 Å². The van der Waals surface area contributed by atoms with Crippen LogP contribution >= 0.6 is 0 Å². The fourth-order valence-electron chi connectivity index (χ4n) is 1.96. The van der Waals surface area contributed by atoms with Crippen molar-refractivity contribution >= 4 is 12.0 Å². The van der Waals surface area contributed by atoms with Gasteiger partial charge in [0.1, 0.15) is 12.8 Å². The summed E-state index contributed by atoms with van der Waals surface area (Å²) in [6, 6.07) is 1.56. The minimum Gasteiger partial charge on any atom is -0.370 e. The van der Waals surface area contributed by atoms with Gasteiger partial charge in [0.15, 0.2) is 0 Å². The minimum absolute atomic E-state index is 0.0269. The van der Waals surface area contributed by atoms with E-state index < -0.39 is 0 Å². The number of anilines is 1. The van der Waals surface area contributed by atoms with Crippen molar-refractivity contribution in [2.24, 2.45) is 0 Å². The third-order valence-electron chi connectivity index (χ3n) is 2.82. The zero-order valence-electron chi connectivity index (χ0n) is 9.13. The molecular formula is C11H15N3O2. The molecule has 0 aliphatic carbocycles. The first-order valence-electron chi connectivity index (χ1n) is 5.57. The molecule has 1 fully saturated rings. The molecule has 0 unspecified atom stereocenters. The number of hydrogen-bond donors (Lipinski definition) is 0. The standard InChI is InChI=1S/C11H15N3O2/c15-7-6-14-11(16)8-10(9-12-14)13-4-2-1-3-5-13/h7-9H,1-6H2. The van der Waals surface area contributed by atoms with E-state index in [1.807, 2.05) is 0 Å². The summed E-state index contributed by atoms with van der Waals surface area (Å²) in [7, 11) is 0. The number of carbonyl (C=O) groups excluding carboxylic acids is 1. The van der Waals surface area contributed by atoms with E-state index >= 15 is 0 Å². The van der Waals surface area contributed by atoms with Gasteiger partial charge in [-0.05, 0) is 19.3 Å². The lowest BCUT2D eigenvalue weighted by molar-refractivity contribution is -0.108. The summed E-state index contributed by atoms with van der Waals surface area (Å²) in [5.41, 5.74) is 0.655. The van der Waals surface area contributed by atoms with Gasteiger partial charge in [-0.3, -0.25) is 4.79 Å². The van der Waals surface area contributed by atoms with Gasteiger partial charge in [0, 0.05) is 19.2 Å². The quantitative estimate of drug-likeness (QED) is 0.695. The maximum atomic E-state index is 11.6. The van der Waals surface area contributed by atoms with E-state index in [1.54, 1.807) is 12.3 Å². The van der Waals surface area contributed by atoms with E-state index in [-0.39, 0.29) is 12.1 Å². The van der Waals surface area contributed by atoms with E-state index in [9.17, 15) is 9.59 Å². The second-order valence-electron chi connectivity index (χ2n) is 3.95. The Kier molecular flexibility index (Phi) is 3.34. The summed E-state index contributed by atoms with van der Waals surface area (Å²) in [5, 5.41) is 3.97. The zero-order valence-corrected chi connectivity index (χ0v) is 9.13. The summed E-state index contributed by atoms with van der Waals surface area (Å²) < 4.78 is 1.17. The molecule has 0 atom stereocenters. The van der Waals surface area contributed by atoms with Crippen molar-refractivity contribution in [3.05, 3.63) is 22.6 Å². The summed E-state index contributed by atoms with van der Waals surface area (Å²) in [4.78, 5) is 24.1. The summed E-state index contributed by atoms with van der Waals surface area (Å²) >= 11 is 0. The van der Waals surface area contributed by atoms with Crippen molar-refractivity contribution in [3.8, 4) is 0 Å². The number of piperidine rings is 1. The van der Waals surface area contributed by atoms with Crippen LogP contribution in [-0.2, 0) is 11.3 Å². The number of rotatable bonds is 3. The Labute approximate surface area is 93.7 Å². The topological polar surface area (TPSA) is 55.2 Å². The molecule has 5 heteroatoms. The van der Waals surface area contributed by atoms with Crippen LogP contribution in [0.1, 0.15) is 19.3 Å². The normalized spacial score (nSPS) is 16.1. The molecule has 0 N–H and O–H groups in total. The highest BCUT2D eigenvalue weighted by atomic mass is 16.1. The Morgan fingerprint density at radius 3 is 2.69 bits per heavy atom. The van der Waals surface area contributed by atoms with Crippen LogP contribution in [0.2, 0.25) is 0 Å². The van der Waals surface area contributed by atoms with E-state index in [2.05, 4.69) is 10.00 Å². The van der Waals surface area contributed by atoms with E-state index in [0.29, 0.717) is 6.29 Å². The van der Waals surface area contributed by atoms with E-state index in [0.717, 1.165) is 31.6 Å². The molecule has 86 valence electrons. The van der Waals surface area contributed by atoms with Crippen molar-refractivity contribution in [2.75, 3.05) is 18.0 Å². The first-order valence-corrected chi connectivity index (χ1v) is 5.57. The van der Waals surface area contributed by atoms with Gasteiger partial charge in [-0.2, -0.15) is 5.10 Å². The lowest BCUT2D eigenvalue weighted by Gasteiger charge is -2.28. The third-order valence-corrected chi connectivity index (χ3v) is 2.82. The highest BCUT2D eigenvalue weighted by molar-refractivity contribution is 5.49. The maximum Gasteiger partial charge on any atom is 0.269 e. The smallest absolute Gasteiger partial charge is 0.269 e. The lowest BCUT2D eigenvalue weighted by atomic mass is 10.1. The number of nitrogens with zero attached hydrogens (tertiary/aromatic N) is 3. The maximum absolute atomic E-state index is 11.6. The minimum atomic E-state index is -0.213. The van der Waals surface area contributed by atoms with Crippen molar-refractivity contribution < 1.29 is 4.79 Å². The molecule has 1 aliphatic heterocycles. The van der Waals surface area contributed by atoms with Gasteiger partial charge in [-0.25, -0.2) is 4.68 Å². The number of carbonyl (C=O) groups is 1. The summed E-state index contributed by atoms with van der Waals surface area (Å²) in [6.45, 7) is 2.00. The molecule has 2 rings (SSSR count). The second-order valence-corrected chi connectivity index (χ2v) is 3.95. The van der Waals surface area contributed by atoms with Crippen molar-refractivity contribution in [1.29, 1.82) is 0 Å². The molecule has 1 aliphatic rings. The van der Waals surface area contributed by atoms with Crippen LogP contribution in [-0.4, -0.2) is 29.2 Å². The SMILES string of the molecule is O=CCn1ncc(N2CCCCC2)cc1=O. The Morgan fingerprint density at radius 2 is 2.06 bits per heavy atom. The molecule has 2 heterocycles. The Balaban J connectivity index is 2.19. The first-order chi connectivity index (χ1) is 7.81. The lowest BCUT2D eigenvalue weighted by Crippen LogP contribution is -2.32. The average Bonchev–Trinajstić information content (AvgIpc) is 2.33. The fraction of sp³-hybridized carbons (Fsp3) is 0.545. The average molecular weight is 221 g/mol. The fourth-order valence-corrected chi connectivity index (χ4v) is 1.96. The van der Waals surface area contributed by atoms with Crippen LogP contribution in [0, 0.1) is 0 Å². The zero-order chi connectivity index (χ0) is 11.4. The predicted octanol–water partition coefficient (Wildman–Crippen LogP) is 0.433. The molecule has 16 heavy (non-hydrogen) atoms. The van der Waals surface area contributed by atoms with Crippen LogP contribution in [0.15, 0.2) is 17.1 Å². The Morgan fingerprint density at radius 1 is 1.31 bits per heavy atom. The van der Waals surface area contributed by atoms with Crippen molar-refractivity contribution in [1.82, 2.24) is 9.78 Å². The molecule has 1 saturated heterocycles. The largest absolute Gasteiger partial charge is 0.370 e. The van der Waals surface area contributed by atoms with Gasteiger partial charge in [0.05, 0.1) is 11.9 Å². The van der Waals surface area contributed by atoms with Gasteiger partial charge in [-0.1, -0.05) is 0 Å². The molecule has 5 nitrogen and oxygen atoms in total. The molecular weight excluding hydrogens is 206 g/mol. The number of aromatic nitrogens is 2. The molecule has 1 aromatic rings. The predicted molar refractivity (Wildman–Crippen MR) is 60.6 cm³/mol. The number of hydrogen-bond acceptors (Lipinski definition) is 4. The Bertz CT molecular complexity index is 421. The van der Waals surface area contributed by atoms with Gasteiger partial charge >= 0.3 is 0 Å². The van der Waals surface area contributed by atoms with Crippen LogP contribution in [0.25, 0.3) is 0 Å². The summed E-state index contributed by atoms with van der Waals surface area (Å²) in [5.74, 6) is 0. The van der Waals surface area contributed by atoms with Crippen LogP contribution < -0.4 is 10.5 Å². The van der Waals surface area contributed by atoms with Crippen molar-refractivity contribution in [3.63, 3.8) is 0 Å². The van der Waals surface area contributed by atoms with Gasteiger partial charge in [-0.15, -0.1) is 0 Å². The van der Waals surface area contributed by atoms with Crippen molar-refractivity contribution in [2.45, 2.75) is 25.8 Å². The van der Waals surface area contributed by atoms with E-state index in [1.165, 1.54) is 11.1 Å². The van der Waals surface area contributed by atoms with Gasteiger partial charge < -0.3 is 9.69 Å². The molecule has 1 aromatic heterocycles. The van der Waals surface area contributed by atoms with Crippen LogP contribution in [0.5, 0.6) is 0 Å². The van der Waals surface area contributed by atoms with Gasteiger partial charge in [0.2, 0.25) is 0 Å². The third kappa shape index (κ3) is 2.29. The van der Waals surface area contributed by atoms with E-state index in [4.69, 9.17) is 0 Å². The second kappa shape index (κ2) is 4.92. The molecule has 0 amide bonds. The first kappa shape index (κ1) is 10.9. The monoisotopic (exact) mass is 221 g/mol. The van der Waals surface area contributed by atoms with Crippen LogP contribution in [0.4, 0.5) is 5.69 Å². The Hall–Kier alpha value is -1.65. The highest BCUT2D eigenvalue weighted by Gasteiger charge is 2.12. The molecule has 0 radical (unpaired) electrons. The number of aldehydes is 1. The highest BCUT2D eigenvalue weighted by Crippen LogP contribution is 2.16. The molecule has 0 aromatic carbocycles. The molecule has 0 bridgehead atoms. The van der Waals surface area contributed by atoms with Gasteiger partial charge in [0.25, 0.3) is 5.56 Å². The molecule has 0 spiro atoms. The molecule has 0 saturated carbocycles.